The lowest BCUT2D eigenvalue weighted by atomic mass is 9.98. The highest BCUT2D eigenvalue weighted by Gasteiger charge is 2.11. The maximum absolute atomic E-state index is 10.5. The molecule has 0 radical (unpaired) electrons. The van der Waals surface area contributed by atoms with Crippen LogP contribution in [0.2, 0.25) is 0 Å². The number of carbonyl (C=O) groups is 1. The van der Waals surface area contributed by atoms with Crippen molar-refractivity contribution >= 4 is 5.97 Å². The van der Waals surface area contributed by atoms with Crippen LogP contribution in [0.4, 0.5) is 0 Å². The van der Waals surface area contributed by atoms with Gasteiger partial charge < -0.3 is 9.84 Å². The van der Waals surface area contributed by atoms with Gasteiger partial charge in [0.15, 0.2) is 0 Å². The van der Waals surface area contributed by atoms with Gasteiger partial charge in [0.25, 0.3) is 0 Å². The molecule has 0 bridgehead atoms. The predicted octanol–water partition coefficient (Wildman–Crippen LogP) is 1.02. The minimum atomic E-state index is -0.343. The molecule has 0 saturated carbocycles. The van der Waals surface area contributed by atoms with E-state index in [9.17, 15) is 9.90 Å². The minimum absolute atomic E-state index is 0.268. The molecule has 1 atom stereocenters. The van der Waals surface area contributed by atoms with Crippen LogP contribution >= 0.6 is 0 Å². The average molecular weight is 170 g/mol. The third-order valence-electron chi connectivity index (χ3n) is 1.89. The summed E-state index contributed by atoms with van der Waals surface area (Å²) in [6.45, 7) is 1.73. The molecule has 1 aliphatic carbocycles. The fraction of sp³-hybridized carbons (Fsp3) is 0.667. The number of carbonyl (C=O) groups excluding carboxylic acids is 1. The van der Waals surface area contributed by atoms with Gasteiger partial charge in [-0.15, -0.1) is 0 Å². The summed E-state index contributed by atoms with van der Waals surface area (Å²) in [5.74, 6) is -0.268. The van der Waals surface area contributed by atoms with Crippen LogP contribution in [0.5, 0.6) is 0 Å². The lowest BCUT2D eigenvalue weighted by Gasteiger charge is -2.16. The van der Waals surface area contributed by atoms with E-state index in [1.54, 1.807) is 6.08 Å². The van der Waals surface area contributed by atoms with Crippen molar-refractivity contribution in [2.45, 2.75) is 32.3 Å². The summed E-state index contributed by atoms with van der Waals surface area (Å²) in [6, 6.07) is 0. The number of hydrogen-bond acceptors (Lipinski definition) is 3. The SMILES string of the molecule is CC(=O)OCC1=CC(O)CCC1. The van der Waals surface area contributed by atoms with Crippen LogP contribution in [0.15, 0.2) is 11.6 Å². The quantitative estimate of drug-likeness (QED) is 0.497. The molecule has 0 fully saturated rings. The Hall–Kier alpha value is -0.830. The van der Waals surface area contributed by atoms with Gasteiger partial charge >= 0.3 is 5.97 Å². The maximum atomic E-state index is 10.5. The normalized spacial score (nSPS) is 23.2. The molecule has 3 nitrogen and oxygen atoms in total. The van der Waals surface area contributed by atoms with E-state index in [4.69, 9.17) is 4.74 Å². The number of rotatable bonds is 2. The second-order valence-electron chi connectivity index (χ2n) is 3.06. The zero-order valence-electron chi connectivity index (χ0n) is 7.25. The zero-order valence-corrected chi connectivity index (χ0v) is 7.25. The Balaban J connectivity index is 2.35. The Labute approximate surface area is 72.0 Å². The second kappa shape index (κ2) is 4.26. The van der Waals surface area contributed by atoms with Crippen LogP contribution in [0.3, 0.4) is 0 Å². The predicted molar refractivity (Wildman–Crippen MR) is 44.6 cm³/mol. The third kappa shape index (κ3) is 3.05. The zero-order chi connectivity index (χ0) is 8.97. The van der Waals surface area contributed by atoms with Crippen LogP contribution < -0.4 is 0 Å². The smallest absolute Gasteiger partial charge is 0.302 e. The molecule has 1 N–H and O–H groups in total. The van der Waals surface area contributed by atoms with E-state index < -0.39 is 0 Å². The first-order valence-corrected chi connectivity index (χ1v) is 4.19. The first-order valence-electron chi connectivity index (χ1n) is 4.19. The molecule has 0 aromatic rings. The number of ether oxygens (including phenoxy) is 1. The molecule has 3 heteroatoms. The molecule has 0 aromatic heterocycles. The topological polar surface area (TPSA) is 46.5 Å². The Morgan fingerprint density at radius 1 is 1.83 bits per heavy atom. The van der Waals surface area contributed by atoms with Crippen molar-refractivity contribution in [3.8, 4) is 0 Å². The van der Waals surface area contributed by atoms with Gasteiger partial charge in [-0.2, -0.15) is 0 Å². The lowest BCUT2D eigenvalue weighted by Crippen LogP contribution is -2.13. The van der Waals surface area contributed by atoms with E-state index in [0.717, 1.165) is 24.8 Å². The number of aliphatic hydroxyl groups is 1. The van der Waals surface area contributed by atoms with Crippen LogP contribution in [0.25, 0.3) is 0 Å². The van der Waals surface area contributed by atoms with Crippen LogP contribution in [0, 0.1) is 0 Å². The Bertz CT molecular complexity index is 196. The summed E-state index contributed by atoms with van der Waals surface area (Å²) in [5.41, 5.74) is 1.03. The fourth-order valence-corrected chi connectivity index (χ4v) is 1.29. The molecular formula is C9H14O3. The highest BCUT2D eigenvalue weighted by atomic mass is 16.5. The summed E-state index contributed by atoms with van der Waals surface area (Å²) in [7, 11) is 0. The van der Waals surface area contributed by atoms with E-state index in [2.05, 4.69) is 0 Å². The van der Waals surface area contributed by atoms with E-state index in [1.807, 2.05) is 0 Å². The van der Waals surface area contributed by atoms with Gasteiger partial charge in [0, 0.05) is 6.92 Å². The number of aliphatic hydroxyl groups excluding tert-OH is 1. The molecule has 0 aliphatic heterocycles. The van der Waals surface area contributed by atoms with Gasteiger partial charge in [0.2, 0.25) is 0 Å². The van der Waals surface area contributed by atoms with Gasteiger partial charge in [-0.05, 0) is 24.8 Å². The fourth-order valence-electron chi connectivity index (χ4n) is 1.29. The largest absolute Gasteiger partial charge is 0.461 e. The van der Waals surface area contributed by atoms with Crippen molar-refractivity contribution in [1.82, 2.24) is 0 Å². The van der Waals surface area contributed by atoms with Gasteiger partial charge in [0.1, 0.15) is 6.61 Å². The van der Waals surface area contributed by atoms with Gasteiger partial charge in [0.05, 0.1) is 6.10 Å². The highest BCUT2D eigenvalue weighted by Crippen LogP contribution is 2.17. The van der Waals surface area contributed by atoms with Crippen molar-refractivity contribution in [3.63, 3.8) is 0 Å². The third-order valence-corrected chi connectivity index (χ3v) is 1.89. The van der Waals surface area contributed by atoms with E-state index in [-0.39, 0.29) is 12.1 Å². The van der Waals surface area contributed by atoms with E-state index in [1.165, 1.54) is 6.92 Å². The van der Waals surface area contributed by atoms with Crippen molar-refractivity contribution in [2.24, 2.45) is 0 Å². The number of esters is 1. The Morgan fingerprint density at radius 3 is 3.17 bits per heavy atom. The maximum Gasteiger partial charge on any atom is 0.302 e. The molecule has 0 amide bonds. The second-order valence-corrected chi connectivity index (χ2v) is 3.06. The molecular weight excluding hydrogens is 156 g/mol. The van der Waals surface area contributed by atoms with E-state index >= 15 is 0 Å². The standard InChI is InChI=1S/C9H14O3/c1-7(10)12-6-8-3-2-4-9(11)5-8/h5,9,11H,2-4,6H2,1H3. The van der Waals surface area contributed by atoms with Gasteiger partial charge in [-0.3, -0.25) is 4.79 Å². The van der Waals surface area contributed by atoms with Crippen LogP contribution in [0.1, 0.15) is 26.2 Å². The van der Waals surface area contributed by atoms with Crippen molar-refractivity contribution in [1.29, 1.82) is 0 Å². The first-order chi connectivity index (χ1) is 5.68. The number of hydrogen-bond donors (Lipinski definition) is 1. The Kier molecular flexibility index (Phi) is 3.29. The minimum Gasteiger partial charge on any atom is -0.461 e. The summed E-state index contributed by atoms with van der Waals surface area (Å²) in [5, 5.41) is 9.23. The summed E-state index contributed by atoms with van der Waals surface area (Å²) >= 11 is 0. The van der Waals surface area contributed by atoms with Crippen LogP contribution in [-0.2, 0) is 9.53 Å². The van der Waals surface area contributed by atoms with Gasteiger partial charge in [-0.25, -0.2) is 0 Å². The van der Waals surface area contributed by atoms with E-state index in [0.29, 0.717) is 6.61 Å². The molecule has 0 heterocycles. The van der Waals surface area contributed by atoms with Crippen molar-refractivity contribution in [2.75, 3.05) is 6.61 Å². The molecule has 12 heavy (non-hydrogen) atoms. The van der Waals surface area contributed by atoms with Gasteiger partial charge in [-0.1, -0.05) is 6.08 Å². The van der Waals surface area contributed by atoms with Crippen molar-refractivity contribution in [3.05, 3.63) is 11.6 Å². The molecule has 0 spiro atoms. The lowest BCUT2D eigenvalue weighted by molar-refractivity contribution is -0.140. The molecule has 1 rings (SSSR count). The molecule has 0 saturated heterocycles. The summed E-state index contributed by atoms with van der Waals surface area (Å²) in [4.78, 5) is 10.5. The van der Waals surface area contributed by atoms with Crippen LogP contribution in [-0.4, -0.2) is 23.8 Å². The molecule has 1 unspecified atom stereocenters. The summed E-state index contributed by atoms with van der Waals surface area (Å²) < 4.78 is 4.81. The monoisotopic (exact) mass is 170 g/mol. The molecule has 1 aliphatic rings. The van der Waals surface area contributed by atoms with Crippen molar-refractivity contribution < 1.29 is 14.6 Å². The average Bonchev–Trinajstić information content (AvgIpc) is 2.01. The molecule has 0 aromatic carbocycles. The summed E-state index contributed by atoms with van der Waals surface area (Å²) in [6.07, 6.45) is 4.18. The molecule has 68 valence electrons. The first kappa shape index (κ1) is 9.26. The Morgan fingerprint density at radius 2 is 2.58 bits per heavy atom. The highest BCUT2D eigenvalue weighted by molar-refractivity contribution is 5.66.